The number of carbonyl (C=O) groups is 3. The second kappa shape index (κ2) is 38.9. The normalized spacial score (nSPS) is 20.1. The fraction of sp³-hybridized carbons (Fsp3) is 0.400. The molecule has 0 aliphatic carbocycles. The molecular formula is C95H103F9O21S6. The van der Waals surface area contributed by atoms with Gasteiger partial charge in [0.1, 0.15) is 0 Å². The van der Waals surface area contributed by atoms with Crippen molar-refractivity contribution in [3.63, 3.8) is 0 Å². The van der Waals surface area contributed by atoms with Gasteiger partial charge in [-0.2, -0.15) is 39.5 Å². The summed E-state index contributed by atoms with van der Waals surface area (Å²) in [6, 6.07) is 65.5. The van der Waals surface area contributed by atoms with Crippen molar-refractivity contribution >= 4 is 80.9 Å². The lowest BCUT2D eigenvalue weighted by Gasteiger charge is -2.34. The van der Waals surface area contributed by atoms with E-state index in [1.54, 1.807) is 60.7 Å². The topological polar surface area (TPSA) is 306 Å². The molecule has 0 amide bonds. The highest BCUT2D eigenvalue weighted by atomic mass is 32.2. The molecule has 9 aromatic carbocycles. The van der Waals surface area contributed by atoms with E-state index in [0.717, 1.165) is 69.2 Å². The molecule has 3 aliphatic rings. The van der Waals surface area contributed by atoms with Gasteiger partial charge in [-0.15, -0.1) is 0 Å². The van der Waals surface area contributed by atoms with E-state index in [1.807, 2.05) is 100 Å². The molecule has 12 rings (SSSR count). The average Bonchev–Trinajstić information content (AvgIpc) is 1.62. The van der Waals surface area contributed by atoms with Crippen LogP contribution in [0, 0.1) is 0 Å². The Morgan fingerprint density at radius 1 is 0.328 bits per heavy atom. The molecule has 3 saturated heterocycles. The highest BCUT2D eigenvalue weighted by molar-refractivity contribution is 7.97. The minimum atomic E-state index is -6.07. The summed E-state index contributed by atoms with van der Waals surface area (Å²) in [7, 11) is -20.1. The molecule has 0 aromatic heterocycles. The van der Waals surface area contributed by atoms with E-state index in [9.17, 15) is 92.8 Å². The summed E-state index contributed by atoms with van der Waals surface area (Å²) in [5.74, 6) is -6.94. The fourth-order valence-electron chi connectivity index (χ4n) is 13.7. The van der Waals surface area contributed by atoms with Crippen LogP contribution >= 0.6 is 0 Å². The summed E-state index contributed by atoms with van der Waals surface area (Å²) in [6.07, 6.45) is -11.2. The first-order valence-corrected chi connectivity index (χ1v) is 49.0. The van der Waals surface area contributed by atoms with Crippen molar-refractivity contribution in [2.75, 3.05) is 26.4 Å². The van der Waals surface area contributed by atoms with Gasteiger partial charge in [-0.3, -0.25) is 0 Å². The van der Waals surface area contributed by atoms with Gasteiger partial charge in [0.2, 0.25) is 0 Å². The van der Waals surface area contributed by atoms with Crippen LogP contribution in [-0.2, 0) is 139 Å². The minimum absolute atomic E-state index is 0.0321. The van der Waals surface area contributed by atoms with Gasteiger partial charge in [0.05, 0.1) is 81.4 Å². The van der Waals surface area contributed by atoms with E-state index in [0.29, 0.717) is 51.1 Å². The molecular weight excluding hydrogens is 1840 g/mol. The number of hydrogen-bond donors (Lipinski definition) is 0. The lowest BCUT2D eigenvalue weighted by Crippen LogP contribution is -2.45. The molecule has 9 atom stereocenters. The fourth-order valence-corrected chi connectivity index (χ4v) is 21.2. The van der Waals surface area contributed by atoms with E-state index in [4.69, 9.17) is 28.4 Å². The van der Waals surface area contributed by atoms with Crippen molar-refractivity contribution in [3.8, 4) is 0 Å². The zero-order valence-electron chi connectivity index (χ0n) is 75.0. The zero-order valence-corrected chi connectivity index (χ0v) is 79.9. The van der Waals surface area contributed by atoms with Crippen molar-refractivity contribution in [1.82, 2.24) is 0 Å². The molecule has 0 saturated carbocycles. The lowest BCUT2D eigenvalue weighted by molar-refractivity contribution is -0.283. The molecule has 3 aliphatic heterocycles. The number of benzene rings is 9. The van der Waals surface area contributed by atoms with Crippen LogP contribution in [0.3, 0.4) is 0 Å². The average molecular weight is 1940 g/mol. The summed E-state index contributed by atoms with van der Waals surface area (Å²) in [4.78, 5) is 45.6. The van der Waals surface area contributed by atoms with Crippen LogP contribution in [0.15, 0.2) is 262 Å². The second-order valence-electron chi connectivity index (χ2n) is 35.7. The van der Waals surface area contributed by atoms with Gasteiger partial charge in [0.15, 0.2) is 116 Å². The third-order valence-electron chi connectivity index (χ3n) is 21.8. The Kier molecular flexibility index (Phi) is 31.0. The van der Waals surface area contributed by atoms with Gasteiger partial charge in [0, 0.05) is 16.7 Å². The summed E-state index contributed by atoms with van der Waals surface area (Å²) in [5.41, 5.74) is 2.20. The third kappa shape index (κ3) is 24.2. The van der Waals surface area contributed by atoms with Gasteiger partial charge >= 0.3 is 39.8 Å². The van der Waals surface area contributed by atoms with Crippen molar-refractivity contribution in [2.45, 2.75) is 260 Å². The molecule has 36 heteroatoms. The van der Waals surface area contributed by atoms with Gasteiger partial charge in [-0.25, -0.2) is 39.6 Å². The maximum absolute atomic E-state index is 13.8. The first-order valence-electron chi connectivity index (χ1n) is 41.1. The molecule has 3 fully saturated rings. The van der Waals surface area contributed by atoms with E-state index >= 15 is 0 Å². The molecule has 9 aromatic rings. The molecule has 0 spiro atoms. The first kappa shape index (κ1) is 104. The van der Waals surface area contributed by atoms with Crippen LogP contribution in [0.5, 0.6) is 0 Å². The Morgan fingerprint density at radius 3 is 0.748 bits per heavy atom. The monoisotopic (exact) mass is 1940 g/mol. The molecule has 0 radical (unpaired) electrons. The Labute approximate surface area is 766 Å². The maximum Gasteiger partial charge on any atom is 0.419 e. The summed E-state index contributed by atoms with van der Waals surface area (Å²) >= 11 is 0. The van der Waals surface area contributed by atoms with Crippen molar-refractivity contribution < 1.29 is 135 Å². The van der Waals surface area contributed by atoms with Crippen LogP contribution in [-0.4, -0.2) is 135 Å². The van der Waals surface area contributed by atoms with E-state index in [-0.39, 0.29) is 32.9 Å². The number of carbonyl (C=O) groups excluding carboxylic acids is 3. The zero-order chi connectivity index (χ0) is 97.4. The van der Waals surface area contributed by atoms with E-state index in [2.05, 4.69) is 125 Å². The molecule has 131 heavy (non-hydrogen) atoms. The van der Waals surface area contributed by atoms with Gasteiger partial charge in [-0.1, -0.05) is 98.7 Å². The van der Waals surface area contributed by atoms with Crippen LogP contribution < -0.4 is 0 Å². The van der Waals surface area contributed by atoms with Crippen LogP contribution in [0.25, 0.3) is 0 Å². The molecule has 0 bridgehead atoms. The number of halogens is 9. The predicted molar refractivity (Wildman–Crippen MR) is 470 cm³/mol. The lowest BCUT2D eigenvalue weighted by atomic mass is 9.87. The van der Waals surface area contributed by atoms with Crippen molar-refractivity contribution in [1.29, 1.82) is 0 Å². The van der Waals surface area contributed by atoms with Crippen molar-refractivity contribution in [2.24, 2.45) is 0 Å². The van der Waals surface area contributed by atoms with Gasteiger partial charge < -0.3 is 56.3 Å². The van der Waals surface area contributed by atoms with Crippen LogP contribution in [0.2, 0.25) is 0 Å². The third-order valence-corrected chi connectivity index (χ3v) is 31.5. The van der Waals surface area contributed by atoms with Gasteiger partial charge in [0.25, 0.3) is 0 Å². The highest BCUT2D eigenvalue weighted by Gasteiger charge is 2.61. The Bertz CT molecular complexity index is 5880. The molecule has 9 unspecified atom stereocenters. The first-order chi connectivity index (χ1) is 60.2. The predicted octanol–water partition coefficient (Wildman–Crippen LogP) is 20.4. The SMILES string of the molecule is CC(OC(=O)c1ccc([S+](c2ccc(C(C)(C)C)cc2)c2ccc(C3(C)OCC(C)(C(F)(F)F)O3)cc2)cc1)C(F)(F)S(=O)(=O)[O-].CC(OC(=O)c1ccc([S+](c2ccc(C(C)(C)C)cc2)c2ccc(C3(C)OCC(C)(C)O3)cc2)cc1)C(F)(F)S(=O)(=O)[O-].CC(OC(=O)c1ccc([S+](c2ccc(C(C)(C)C)cc2)c2ccc(C3(C)OCCCO3)cc2)cc1)C(F)(F)S(=O)(=O)[O-]. The molecule has 3 heterocycles. The summed E-state index contributed by atoms with van der Waals surface area (Å²) < 4.78 is 271. The maximum atomic E-state index is 13.8. The Morgan fingerprint density at radius 2 is 0.542 bits per heavy atom. The molecule has 0 N–H and O–H groups in total. The quantitative estimate of drug-likeness (QED) is 0.0178. The molecule has 708 valence electrons. The van der Waals surface area contributed by atoms with Crippen LogP contribution in [0.1, 0.15) is 196 Å². The number of hydrogen-bond acceptors (Lipinski definition) is 21. The van der Waals surface area contributed by atoms with Gasteiger partial charge in [-0.05, 0) is 284 Å². The summed E-state index contributed by atoms with van der Waals surface area (Å²) in [5, 5.41) is -14.3. The summed E-state index contributed by atoms with van der Waals surface area (Å²) in [6.45, 7) is 32.1. The number of ether oxygens (including phenoxy) is 9. The largest absolute Gasteiger partial charge is 0.743 e. The standard InChI is InChI=1S/C32H33F5O7S2.C32H36F2O7S2.C31H34F2O7S2/c1-20(31(33,34)46(39,40)41)43-27(38)21-7-13-24(14-8-21)45(25-15-9-22(10-16-25)28(2,3)4)26-17-11-23(12-18-26)30(6)42-19-29(5,44-30)32(35,36)37;1-21(32(33,34)43(36,37)38)40-28(35)22-8-14-25(15-9-22)42(26-16-10-23(11-17-26)29(2,3)4)27-18-12-24(13-19-27)31(7)39-20-30(5,6)41-31;1-21(31(32,33)42(35,36)37)40-28(34)22-7-13-25(14-8-22)41(26-15-9-23(10-16-26)29(2,3)4)27-17-11-24(12-18-27)30(5)38-19-6-20-39-30/h7-18,20H,19H2,1-6H3;8-19,21H,20H2,1-7H3;7-18,21H,6,19-20H2,1-5H3. The number of rotatable bonds is 24. The smallest absolute Gasteiger partial charge is 0.419 e. The highest BCUT2D eigenvalue weighted by Crippen LogP contribution is 2.49. The Hall–Kier alpha value is -8.70. The van der Waals surface area contributed by atoms with Crippen molar-refractivity contribution in [3.05, 3.63) is 268 Å². The van der Waals surface area contributed by atoms with E-state index in [1.165, 1.54) is 54.4 Å². The number of esters is 3. The second-order valence-corrected chi connectivity index (χ2v) is 46.2. The van der Waals surface area contributed by atoms with E-state index < -0.39 is 156 Å². The Balaban J connectivity index is 0.000000204. The molecule has 21 nitrogen and oxygen atoms in total. The minimum Gasteiger partial charge on any atom is -0.743 e. The number of alkyl halides is 9. The van der Waals surface area contributed by atoms with Crippen LogP contribution in [0.4, 0.5) is 39.5 Å².